The zero-order valence-corrected chi connectivity index (χ0v) is 12.5. The Labute approximate surface area is 118 Å². The van der Waals surface area contributed by atoms with Crippen LogP contribution in [0.2, 0.25) is 0 Å². The first kappa shape index (κ1) is 12.6. The second kappa shape index (κ2) is 5.32. The first-order chi connectivity index (χ1) is 8.75. The minimum absolute atomic E-state index is 0.422. The fourth-order valence-electron chi connectivity index (χ4n) is 3.51. The topological polar surface area (TPSA) is 15.3 Å². The lowest BCUT2D eigenvalue weighted by Gasteiger charge is -2.25. The standard InChI is InChI=1S/C15H21BrN2/c1-11(12-5-2-3-6-13(12)16)17-14-8-10-18-9-4-7-15(14)18/h2-3,5-6,11,14-15,17H,4,7-10H2,1H3/t11-,14?,15?/m0/s1. The lowest BCUT2D eigenvalue weighted by atomic mass is 10.0. The Morgan fingerprint density at radius 1 is 1.28 bits per heavy atom. The van der Waals surface area contributed by atoms with E-state index < -0.39 is 0 Å². The largest absolute Gasteiger partial charge is 0.306 e. The van der Waals surface area contributed by atoms with E-state index in [1.807, 2.05) is 0 Å². The third-order valence-electron chi connectivity index (χ3n) is 4.44. The molecule has 2 nitrogen and oxygen atoms in total. The highest BCUT2D eigenvalue weighted by atomic mass is 79.9. The maximum Gasteiger partial charge on any atom is 0.0306 e. The van der Waals surface area contributed by atoms with Crippen LogP contribution < -0.4 is 5.32 Å². The molecule has 1 N–H and O–H groups in total. The summed E-state index contributed by atoms with van der Waals surface area (Å²) in [6.07, 6.45) is 4.06. The summed E-state index contributed by atoms with van der Waals surface area (Å²) < 4.78 is 1.21. The van der Waals surface area contributed by atoms with E-state index in [1.54, 1.807) is 0 Å². The third-order valence-corrected chi connectivity index (χ3v) is 5.16. The molecule has 1 aromatic carbocycles. The van der Waals surface area contributed by atoms with Gasteiger partial charge in [-0.1, -0.05) is 34.1 Å². The van der Waals surface area contributed by atoms with Gasteiger partial charge in [0.15, 0.2) is 0 Å². The highest BCUT2D eigenvalue weighted by Gasteiger charge is 2.37. The van der Waals surface area contributed by atoms with Gasteiger partial charge in [0, 0.05) is 29.1 Å². The van der Waals surface area contributed by atoms with Gasteiger partial charge in [0.2, 0.25) is 0 Å². The molecule has 2 aliphatic heterocycles. The van der Waals surface area contributed by atoms with Crippen molar-refractivity contribution in [3.8, 4) is 0 Å². The Bertz CT molecular complexity index is 421. The van der Waals surface area contributed by atoms with Gasteiger partial charge >= 0.3 is 0 Å². The second-order valence-electron chi connectivity index (χ2n) is 5.55. The number of halogens is 1. The molecule has 3 rings (SSSR count). The van der Waals surface area contributed by atoms with Gasteiger partial charge in [0.05, 0.1) is 0 Å². The molecule has 2 aliphatic rings. The molecule has 0 amide bonds. The molecule has 18 heavy (non-hydrogen) atoms. The molecular weight excluding hydrogens is 288 g/mol. The summed E-state index contributed by atoms with van der Waals surface area (Å²) in [5.74, 6) is 0. The molecule has 0 spiro atoms. The molecule has 0 aliphatic carbocycles. The van der Waals surface area contributed by atoms with E-state index in [-0.39, 0.29) is 0 Å². The van der Waals surface area contributed by atoms with Crippen LogP contribution in [0.15, 0.2) is 28.7 Å². The van der Waals surface area contributed by atoms with Gasteiger partial charge in [-0.3, -0.25) is 4.90 Å². The fraction of sp³-hybridized carbons (Fsp3) is 0.600. The molecule has 1 aromatic rings. The molecule has 0 bridgehead atoms. The fourth-order valence-corrected chi connectivity index (χ4v) is 4.14. The van der Waals surface area contributed by atoms with Crippen LogP contribution in [0.1, 0.15) is 37.8 Å². The predicted molar refractivity (Wildman–Crippen MR) is 78.7 cm³/mol. The number of rotatable bonds is 3. The minimum Gasteiger partial charge on any atom is -0.306 e. The zero-order chi connectivity index (χ0) is 12.5. The van der Waals surface area contributed by atoms with Gasteiger partial charge in [-0.05, 0) is 44.4 Å². The van der Waals surface area contributed by atoms with Crippen molar-refractivity contribution >= 4 is 15.9 Å². The summed E-state index contributed by atoms with van der Waals surface area (Å²) in [5.41, 5.74) is 1.37. The monoisotopic (exact) mass is 308 g/mol. The Morgan fingerprint density at radius 2 is 2.11 bits per heavy atom. The Morgan fingerprint density at radius 3 is 2.94 bits per heavy atom. The van der Waals surface area contributed by atoms with Gasteiger partial charge in [-0.2, -0.15) is 0 Å². The molecule has 3 heteroatoms. The van der Waals surface area contributed by atoms with E-state index in [9.17, 15) is 0 Å². The average Bonchev–Trinajstić information content (AvgIpc) is 2.94. The van der Waals surface area contributed by atoms with Crippen molar-refractivity contribution < 1.29 is 0 Å². The Hall–Kier alpha value is -0.380. The summed E-state index contributed by atoms with van der Waals surface area (Å²) in [4.78, 5) is 2.66. The van der Waals surface area contributed by atoms with Crippen LogP contribution in [0.5, 0.6) is 0 Å². The summed E-state index contributed by atoms with van der Waals surface area (Å²) in [5, 5.41) is 3.84. The highest BCUT2D eigenvalue weighted by molar-refractivity contribution is 9.10. The number of nitrogens with zero attached hydrogens (tertiary/aromatic N) is 1. The lowest BCUT2D eigenvalue weighted by Crippen LogP contribution is -2.40. The van der Waals surface area contributed by atoms with E-state index in [0.29, 0.717) is 12.1 Å². The molecule has 2 heterocycles. The van der Waals surface area contributed by atoms with Gasteiger partial charge in [-0.15, -0.1) is 0 Å². The normalized spacial score (nSPS) is 29.4. The summed E-state index contributed by atoms with van der Waals surface area (Å²) in [6.45, 7) is 4.87. The number of fused-ring (bicyclic) bond motifs is 1. The molecule has 98 valence electrons. The molecule has 0 radical (unpaired) electrons. The summed E-state index contributed by atoms with van der Waals surface area (Å²) in [6, 6.07) is 10.4. The van der Waals surface area contributed by atoms with E-state index >= 15 is 0 Å². The van der Waals surface area contributed by atoms with E-state index in [0.717, 1.165) is 6.04 Å². The van der Waals surface area contributed by atoms with Crippen LogP contribution in [0.4, 0.5) is 0 Å². The van der Waals surface area contributed by atoms with Crippen molar-refractivity contribution in [1.29, 1.82) is 0 Å². The van der Waals surface area contributed by atoms with Crippen molar-refractivity contribution in [1.82, 2.24) is 10.2 Å². The van der Waals surface area contributed by atoms with Gasteiger partial charge in [-0.25, -0.2) is 0 Å². The summed E-state index contributed by atoms with van der Waals surface area (Å²) in [7, 11) is 0. The molecule has 2 fully saturated rings. The summed E-state index contributed by atoms with van der Waals surface area (Å²) >= 11 is 3.65. The SMILES string of the molecule is C[C@H](NC1CCN2CCCC12)c1ccccc1Br. The van der Waals surface area contributed by atoms with E-state index in [4.69, 9.17) is 0 Å². The van der Waals surface area contributed by atoms with Crippen LogP contribution in [-0.2, 0) is 0 Å². The van der Waals surface area contributed by atoms with Crippen molar-refractivity contribution in [3.05, 3.63) is 34.3 Å². The van der Waals surface area contributed by atoms with Gasteiger partial charge in [0.25, 0.3) is 0 Å². The third kappa shape index (κ3) is 2.36. The zero-order valence-electron chi connectivity index (χ0n) is 10.9. The first-order valence-electron chi connectivity index (χ1n) is 7.00. The quantitative estimate of drug-likeness (QED) is 0.921. The Kier molecular flexibility index (Phi) is 3.73. The number of hydrogen-bond donors (Lipinski definition) is 1. The van der Waals surface area contributed by atoms with Crippen LogP contribution in [0.25, 0.3) is 0 Å². The van der Waals surface area contributed by atoms with Crippen molar-refractivity contribution in [2.24, 2.45) is 0 Å². The minimum atomic E-state index is 0.422. The maximum atomic E-state index is 3.84. The number of benzene rings is 1. The predicted octanol–water partition coefficient (Wildman–Crippen LogP) is 3.34. The molecule has 2 saturated heterocycles. The van der Waals surface area contributed by atoms with E-state index in [2.05, 4.69) is 57.3 Å². The van der Waals surface area contributed by atoms with Crippen molar-refractivity contribution in [2.75, 3.05) is 13.1 Å². The molecular formula is C15H21BrN2. The Balaban J connectivity index is 1.68. The maximum absolute atomic E-state index is 3.84. The van der Waals surface area contributed by atoms with Gasteiger partial charge in [0.1, 0.15) is 0 Å². The number of hydrogen-bond acceptors (Lipinski definition) is 2. The smallest absolute Gasteiger partial charge is 0.0306 e. The van der Waals surface area contributed by atoms with Crippen molar-refractivity contribution in [3.63, 3.8) is 0 Å². The van der Waals surface area contributed by atoms with Crippen LogP contribution in [0, 0.1) is 0 Å². The molecule has 0 aromatic heterocycles. The number of nitrogens with one attached hydrogen (secondary N) is 1. The van der Waals surface area contributed by atoms with E-state index in [1.165, 1.54) is 42.4 Å². The molecule has 0 saturated carbocycles. The van der Waals surface area contributed by atoms with Crippen molar-refractivity contribution in [2.45, 2.75) is 44.3 Å². The van der Waals surface area contributed by atoms with Gasteiger partial charge < -0.3 is 5.32 Å². The molecule has 3 atom stereocenters. The average molecular weight is 309 g/mol. The second-order valence-corrected chi connectivity index (χ2v) is 6.40. The lowest BCUT2D eigenvalue weighted by molar-refractivity contribution is 0.291. The van der Waals surface area contributed by atoms with Crippen LogP contribution in [-0.4, -0.2) is 30.1 Å². The highest BCUT2D eigenvalue weighted by Crippen LogP contribution is 2.30. The first-order valence-corrected chi connectivity index (χ1v) is 7.79. The van der Waals surface area contributed by atoms with Crippen LogP contribution in [0.3, 0.4) is 0 Å². The van der Waals surface area contributed by atoms with Crippen LogP contribution >= 0.6 is 15.9 Å². The molecule has 2 unspecified atom stereocenters.